The van der Waals surface area contributed by atoms with Gasteiger partial charge in [0.25, 0.3) is 0 Å². The molecule has 27 heavy (non-hydrogen) atoms. The minimum absolute atomic E-state index is 0.0300. The summed E-state index contributed by atoms with van der Waals surface area (Å²) in [5.41, 5.74) is 1.17. The van der Waals surface area contributed by atoms with Gasteiger partial charge in [0.15, 0.2) is 11.5 Å². The van der Waals surface area contributed by atoms with Crippen molar-refractivity contribution in [3.63, 3.8) is 0 Å². The first kappa shape index (κ1) is 18.1. The highest BCUT2D eigenvalue weighted by Crippen LogP contribution is 2.40. The van der Waals surface area contributed by atoms with Crippen LogP contribution in [0.5, 0.6) is 11.5 Å². The van der Waals surface area contributed by atoms with Gasteiger partial charge in [-0.2, -0.15) is 9.57 Å². The molecule has 0 radical (unpaired) electrons. The van der Waals surface area contributed by atoms with E-state index in [0.29, 0.717) is 35.3 Å². The molecule has 0 saturated heterocycles. The highest BCUT2D eigenvalue weighted by Gasteiger charge is 2.38. The lowest BCUT2D eigenvalue weighted by atomic mass is 10.2. The molecule has 0 aromatic heterocycles. The van der Waals surface area contributed by atoms with Gasteiger partial charge >= 0.3 is 0 Å². The minimum atomic E-state index is -3.69. The number of hydrogen-bond acceptors (Lipinski definition) is 5. The van der Waals surface area contributed by atoms with E-state index in [4.69, 9.17) is 26.3 Å². The molecule has 4 rings (SSSR count). The Bertz CT molecular complexity index is 1010. The Hall–Kier alpha value is -2.27. The van der Waals surface area contributed by atoms with Gasteiger partial charge in [-0.15, -0.1) is 0 Å². The average molecular weight is 405 g/mol. The first-order valence-corrected chi connectivity index (χ1v) is 10.4. The topological polar surface area (TPSA) is 79.6 Å². The summed E-state index contributed by atoms with van der Waals surface area (Å²) in [5.74, 6) is 1.04. The van der Waals surface area contributed by atoms with Crippen LogP contribution in [0.1, 0.15) is 24.0 Å². The number of fused-ring (bicyclic) bond motifs is 1. The summed E-state index contributed by atoms with van der Waals surface area (Å²) in [6, 6.07) is 11.4. The van der Waals surface area contributed by atoms with Crippen molar-refractivity contribution in [2.75, 3.05) is 13.2 Å². The van der Waals surface area contributed by atoms with Crippen LogP contribution < -0.4 is 9.47 Å². The normalized spacial score (nSPS) is 16.2. The fourth-order valence-electron chi connectivity index (χ4n) is 3.05. The molecule has 1 fully saturated rings. The molecule has 0 N–H and O–H groups in total. The van der Waals surface area contributed by atoms with Crippen LogP contribution in [0.25, 0.3) is 0 Å². The average Bonchev–Trinajstić information content (AvgIpc) is 3.51. The van der Waals surface area contributed by atoms with E-state index in [-0.39, 0.29) is 17.5 Å². The maximum atomic E-state index is 13.1. The maximum Gasteiger partial charge on any atom is 0.243 e. The van der Waals surface area contributed by atoms with Crippen molar-refractivity contribution >= 4 is 21.6 Å². The van der Waals surface area contributed by atoms with Crippen LogP contribution >= 0.6 is 11.6 Å². The van der Waals surface area contributed by atoms with E-state index in [0.717, 1.165) is 18.4 Å². The summed E-state index contributed by atoms with van der Waals surface area (Å²) in [6.45, 7) is 1.07. The number of nitrogens with zero attached hydrogens (tertiary/aromatic N) is 2. The lowest BCUT2D eigenvalue weighted by Gasteiger charge is -2.24. The van der Waals surface area contributed by atoms with Gasteiger partial charge in [0.2, 0.25) is 10.0 Å². The highest BCUT2D eigenvalue weighted by molar-refractivity contribution is 7.89. The van der Waals surface area contributed by atoms with E-state index >= 15 is 0 Å². The molecule has 0 spiro atoms. The zero-order valence-corrected chi connectivity index (χ0v) is 16.0. The predicted molar refractivity (Wildman–Crippen MR) is 99.3 cm³/mol. The van der Waals surface area contributed by atoms with Crippen molar-refractivity contribution in [1.29, 1.82) is 5.26 Å². The van der Waals surface area contributed by atoms with Crippen molar-refractivity contribution in [3.8, 4) is 17.6 Å². The zero-order valence-electron chi connectivity index (χ0n) is 14.4. The Balaban J connectivity index is 1.65. The Morgan fingerprint density at radius 1 is 1.15 bits per heavy atom. The van der Waals surface area contributed by atoms with Crippen molar-refractivity contribution in [3.05, 3.63) is 52.5 Å². The molecule has 1 aliphatic carbocycles. The van der Waals surface area contributed by atoms with E-state index in [1.54, 1.807) is 12.1 Å². The molecule has 6 nitrogen and oxygen atoms in total. The van der Waals surface area contributed by atoms with Crippen LogP contribution in [0.15, 0.2) is 41.3 Å². The smallest absolute Gasteiger partial charge is 0.243 e. The van der Waals surface area contributed by atoms with E-state index in [1.807, 2.05) is 6.07 Å². The molecule has 0 unspecified atom stereocenters. The van der Waals surface area contributed by atoms with E-state index in [2.05, 4.69) is 0 Å². The molecule has 140 valence electrons. The van der Waals surface area contributed by atoms with Crippen LogP contribution in [0.2, 0.25) is 5.02 Å². The largest absolute Gasteiger partial charge is 0.486 e. The molecule has 1 heterocycles. The number of hydrogen-bond donors (Lipinski definition) is 0. The fourth-order valence-corrected chi connectivity index (χ4v) is 5.01. The van der Waals surface area contributed by atoms with Crippen molar-refractivity contribution in [2.45, 2.75) is 30.3 Å². The van der Waals surface area contributed by atoms with E-state index in [1.165, 1.54) is 28.6 Å². The van der Waals surface area contributed by atoms with Crippen LogP contribution in [0, 0.1) is 11.3 Å². The number of sulfonamides is 1. The summed E-state index contributed by atoms with van der Waals surface area (Å²) in [6.07, 6.45) is 1.65. The summed E-state index contributed by atoms with van der Waals surface area (Å²) in [5, 5.41) is 9.32. The van der Waals surface area contributed by atoms with Gasteiger partial charge in [-0.1, -0.05) is 11.6 Å². The van der Waals surface area contributed by atoms with Crippen LogP contribution in [0.4, 0.5) is 0 Å². The minimum Gasteiger partial charge on any atom is -0.486 e. The maximum absolute atomic E-state index is 13.1. The van der Waals surface area contributed by atoms with Crippen LogP contribution in [0.3, 0.4) is 0 Å². The molecule has 0 atom stereocenters. The highest BCUT2D eigenvalue weighted by atomic mass is 35.5. The van der Waals surface area contributed by atoms with Crippen LogP contribution in [-0.2, 0) is 16.6 Å². The summed E-state index contributed by atoms with van der Waals surface area (Å²) in [4.78, 5) is 0.178. The van der Waals surface area contributed by atoms with Gasteiger partial charge in [-0.3, -0.25) is 0 Å². The fraction of sp³-hybridized carbons (Fsp3) is 0.316. The van der Waals surface area contributed by atoms with E-state index < -0.39 is 10.0 Å². The third kappa shape index (κ3) is 3.61. The lowest BCUT2D eigenvalue weighted by Crippen LogP contribution is -2.32. The molecule has 0 amide bonds. The number of benzene rings is 2. The van der Waals surface area contributed by atoms with Gasteiger partial charge < -0.3 is 9.47 Å². The van der Waals surface area contributed by atoms with Gasteiger partial charge in [-0.05, 0) is 54.8 Å². The summed E-state index contributed by atoms with van der Waals surface area (Å²) >= 11 is 6.29. The van der Waals surface area contributed by atoms with Crippen molar-refractivity contribution in [1.82, 2.24) is 4.31 Å². The third-order valence-corrected chi connectivity index (χ3v) is 6.73. The number of halogens is 1. The molecular weight excluding hydrogens is 388 g/mol. The third-order valence-electron chi connectivity index (χ3n) is 4.54. The molecule has 1 saturated carbocycles. The van der Waals surface area contributed by atoms with Crippen molar-refractivity contribution in [2.24, 2.45) is 0 Å². The second kappa shape index (κ2) is 7.04. The molecule has 2 aromatic rings. The Kier molecular flexibility index (Phi) is 4.72. The molecule has 1 aliphatic heterocycles. The van der Waals surface area contributed by atoms with Gasteiger partial charge in [0, 0.05) is 12.6 Å². The number of ether oxygens (including phenoxy) is 2. The summed E-state index contributed by atoms with van der Waals surface area (Å²) in [7, 11) is -3.69. The monoisotopic (exact) mass is 404 g/mol. The quantitative estimate of drug-likeness (QED) is 0.763. The van der Waals surface area contributed by atoms with Crippen LogP contribution in [-0.4, -0.2) is 32.0 Å². The molecule has 0 bridgehead atoms. The molecule has 8 heteroatoms. The first-order chi connectivity index (χ1) is 13.0. The Morgan fingerprint density at radius 3 is 2.52 bits per heavy atom. The van der Waals surface area contributed by atoms with Gasteiger partial charge in [0.1, 0.15) is 13.2 Å². The zero-order chi connectivity index (χ0) is 19.0. The Morgan fingerprint density at radius 2 is 1.85 bits per heavy atom. The Labute approximate surface area is 162 Å². The first-order valence-electron chi connectivity index (χ1n) is 8.59. The summed E-state index contributed by atoms with van der Waals surface area (Å²) < 4.78 is 38.9. The molecular formula is C19H17ClN2O4S. The lowest BCUT2D eigenvalue weighted by molar-refractivity contribution is 0.171. The van der Waals surface area contributed by atoms with Gasteiger partial charge in [0.05, 0.1) is 21.6 Å². The molecule has 2 aromatic carbocycles. The SMILES string of the molecule is N#Cc1ccc(S(=O)(=O)N(Cc2cc(Cl)c3c(c2)OCCO3)C2CC2)cc1. The number of nitriles is 1. The van der Waals surface area contributed by atoms with E-state index in [9.17, 15) is 8.42 Å². The van der Waals surface area contributed by atoms with Gasteiger partial charge in [-0.25, -0.2) is 8.42 Å². The second-order valence-electron chi connectivity index (χ2n) is 6.52. The van der Waals surface area contributed by atoms with Crippen molar-refractivity contribution < 1.29 is 17.9 Å². The predicted octanol–water partition coefficient (Wildman–Crippen LogP) is 3.34. The molecule has 2 aliphatic rings. The number of rotatable bonds is 5. The second-order valence-corrected chi connectivity index (χ2v) is 8.82. The standard InChI is InChI=1S/C19H17ClN2O4S/c20-17-9-14(10-18-19(17)26-8-7-25-18)12-22(15-3-4-15)27(23,24)16-5-1-13(11-21)2-6-16/h1-2,5-6,9-10,15H,3-4,7-8,12H2.